The van der Waals surface area contributed by atoms with Gasteiger partial charge in [0.2, 0.25) is 0 Å². The van der Waals surface area contributed by atoms with Crippen LogP contribution >= 0.6 is 12.2 Å². The minimum Gasteiger partial charge on any atom is -0.303 e. The summed E-state index contributed by atoms with van der Waals surface area (Å²) in [5.74, 6) is 1.09. The number of likely N-dealkylation sites (N-methyl/N-ethyl adjacent to an activating group) is 2. The lowest BCUT2D eigenvalue weighted by Gasteiger charge is -2.37. The maximum absolute atomic E-state index is 5.34. The van der Waals surface area contributed by atoms with Gasteiger partial charge in [0.15, 0.2) is 4.77 Å². The molecule has 0 spiro atoms. The highest BCUT2D eigenvalue weighted by molar-refractivity contribution is 7.71. The minimum absolute atomic E-state index is 0.517. The van der Waals surface area contributed by atoms with E-state index in [0.717, 1.165) is 49.6 Å². The Kier molecular flexibility index (Phi) is 4.53. The highest BCUT2D eigenvalue weighted by atomic mass is 32.1. The summed E-state index contributed by atoms with van der Waals surface area (Å²) in [6.07, 6.45) is 2.08. The molecule has 2 rings (SSSR count). The topological polar surface area (TPSA) is 40.1 Å². The Morgan fingerprint density at radius 3 is 2.89 bits per heavy atom. The summed E-state index contributed by atoms with van der Waals surface area (Å²) in [5, 5.41) is 7.25. The molecule has 0 aliphatic carbocycles. The van der Waals surface area contributed by atoms with Crippen molar-refractivity contribution in [3.63, 3.8) is 0 Å². The van der Waals surface area contributed by atoms with Gasteiger partial charge in [-0.05, 0) is 32.7 Å². The molecule has 2 heterocycles. The number of rotatable bonds is 4. The van der Waals surface area contributed by atoms with Gasteiger partial charge in [-0.25, -0.2) is 0 Å². The molecule has 0 radical (unpaired) electrons. The first-order chi connectivity index (χ1) is 8.61. The van der Waals surface area contributed by atoms with Gasteiger partial charge in [-0.3, -0.25) is 10.00 Å². The molecule has 0 saturated carbocycles. The van der Waals surface area contributed by atoms with Crippen molar-refractivity contribution in [2.75, 3.05) is 33.7 Å². The number of aromatic nitrogens is 3. The maximum Gasteiger partial charge on any atom is 0.195 e. The zero-order valence-electron chi connectivity index (χ0n) is 11.5. The Bertz CT molecular complexity index is 438. The Balaban J connectivity index is 2.12. The van der Waals surface area contributed by atoms with Crippen molar-refractivity contribution in [1.29, 1.82) is 0 Å². The van der Waals surface area contributed by atoms with Crippen molar-refractivity contribution >= 4 is 12.2 Å². The van der Waals surface area contributed by atoms with Crippen LogP contribution in [0.1, 0.15) is 19.2 Å². The lowest BCUT2D eigenvalue weighted by Crippen LogP contribution is -2.51. The molecule has 18 heavy (non-hydrogen) atoms. The number of hydrogen-bond acceptors (Lipinski definition) is 4. The van der Waals surface area contributed by atoms with E-state index in [9.17, 15) is 0 Å². The molecule has 1 aromatic rings. The fraction of sp³-hybridized carbons (Fsp3) is 0.833. The third kappa shape index (κ3) is 2.99. The Hall–Kier alpha value is -0.720. The third-order valence-electron chi connectivity index (χ3n) is 3.68. The first-order valence-electron chi connectivity index (χ1n) is 6.64. The van der Waals surface area contributed by atoms with Gasteiger partial charge < -0.3 is 9.47 Å². The van der Waals surface area contributed by atoms with Crippen LogP contribution in [0.25, 0.3) is 0 Å². The molecule has 1 unspecified atom stereocenters. The molecular formula is C12H23N5S. The molecule has 1 saturated heterocycles. The molecule has 102 valence electrons. The molecule has 1 fully saturated rings. The van der Waals surface area contributed by atoms with Gasteiger partial charge in [0.25, 0.3) is 0 Å². The Morgan fingerprint density at radius 1 is 1.39 bits per heavy atom. The predicted molar refractivity (Wildman–Crippen MR) is 75.3 cm³/mol. The minimum atomic E-state index is 0.517. The first-order valence-corrected chi connectivity index (χ1v) is 7.05. The average molecular weight is 269 g/mol. The summed E-state index contributed by atoms with van der Waals surface area (Å²) in [7, 11) is 4.38. The van der Waals surface area contributed by atoms with E-state index in [4.69, 9.17) is 12.2 Å². The summed E-state index contributed by atoms with van der Waals surface area (Å²) >= 11 is 5.34. The number of nitrogens with one attached hydrogen (secondary N) is 1. The van der Waals surface area contributed by atoms with Crippen LogP contribution in [0.5, 0.6) is 0 Å². The second-order valence-corrected chi connectivity index (χ2v) is 5.59. The van der Waals surface area contributed by atoms with Crippen molar-refractivity contribution in [3.05, 3.63) is 10.6 Å². The molecular weight excluding hydrogens is 246 g/mol. The molecule has 1 aliphatic heterocycles. The molecule has 6 heteroatoms. The quantitative estimate of drug-likeness (QED) is 0.832. The third-order valence-corrected chi connectivity index (χ3v) is 4.00. The van der Waals surface area contributed by atoms with Crippen LogP contribution in [0.3, 0.4) is 0 Å². The first kappa shape index (κ1) is 13.7. The summed E-state index contributed by atoms with van der Waals surface area (Å²) < 4.78 is 2.92. The smallest absolute Gasteiger partial charge is 0.195 e. The molecule has 1 N–H and O–H groups in total. The summed E-state index contributed by atoms with van der Waals surface area (Å²) in [6, 6.07) is 0.517. The summed E-state index contributed by atoms with van der Waals surface area (Å²) in [6.45, 7) is 6.46. The van der Waals surface area contributed by atoms with Crippen molar-refractivity contribution in [3.8, 4) is 0 Å². The van der Waals surface area contributed by atoms with Crippen molar-refractivity contribution in [2.24, 2.45) is 0 Å². The van der Waals surface area contributed by atoms with Crippen LogP contribution in [-0.4, -0.2) is 64.3 Å². The number of aromatic amines is 1. The van der Waals surface area contributed by atoms with E-state index in [-0.39, 0.29) is 0 Å². The predicted octanol–water partition coefficient (Wildman–Crippen LogP) is 1.14. The second-order valence-electron chi connectivity index (χ2n) is 5.20. The second kappa shape index (κ2) is 5.95. The van der Waals surface area contributed by atoms with Gasteiger partial charge in [-0.2, -0.15) is 5.10 Å². The molecule has 1 aromatic heterocycles. The molecule has 0 aromatic carbocycles. The van der Waals surface area contributed by atoms with Gasteiger partial charge in [0.1, 0.15) is 5.82 Å². The highest BCUT2D eigenvalue weighted by Crippen LogP contribution is 2.11. The lowest BCUT2D eigenvalue weighted by molar-refractivity contribution is 0.102. The van der Waals surface area contributed by atoms with E-state index < -0.39 is 0 Å². The number of nitrogens with zero attached hydrogens (tertiary/aromatic N) is 4. The summed E-state index contributed by atoms with van der Waals surface area (Å²) in [5.41, 5.74) is 0. The van der Waals surface area contributed by atoms with Crippen molar-refractivity contribution in [2.45, 2.75) is 32.4 Å². The van der Waals surface area contributed by atoms with Gasteiger partial charge >= 0.3 is 0 Å². The Morgan fingerprint density at radius 2 is 2.17 bits per heavy atom. The monoisotopic (exact) mass is 269 g/mol. The standard InChI is InChI=1S/C12H23N5S/c1-4-5-11-13-14-12(18)17(11)9-10-8-15(2)6-7-16(10)3/h10H,4-9H2,1-3H3,(H,14,18). The van der Waals surface area contributed by atoms with Crippen LogP contribution in [-0.2, 0) is 13.0 Å². The fourth-order valence-corrected chi connectivity index (χ4v) is 2.69. The molecule has 1 atom stereocenters. The largest absolute Gasteiger partial charge is 0.303 e. The van der Waals surface area contributed by atoms with Crippen LogP contribution in [0.4, 0.5) is 0 Å². The number of H-pyrrole nitrogens is 1. The van der Waals surface area contributed by atoms with E-state index in [1.165, 1.54) is 0 Å². The maximum atomic E-state index is 5.34. The van der Waals surface area contributed by atoms with Crippen LogP contribution in [0.15, 0.2) is 0 Å². The number of piperazine rings is 1. The van der Waals surface area contributed by atoms with E-state index >= 15 is 0 Å². The fourth-order valence-electron chi connectivity index (χ4n) is 2.46. The van der Waals surface area contributed by atoms with Crippen LogP contribution < -0.4 is 0 Å². The number of aryl methyl sites for hydroxylation is 1. The van der Waals surface area contributed by atoms with Crippen molar-refractivity contribution < 1.29 is 0 Å². The van der Waals surface area contributed by atoms with E-state index in [1.54, 1.807) is 0 Å². The van der Waals surface area contributed by atoms with Gasteiger partial charge in [-0.1, -0.05) is 6.92 Å². The highest BCUT2D eigenvalue weighted by Gasteiger charge is 2.23. The molecule has 0 amide bonds. The Labute approximate surface area is 114 Å². The van der Waals surface area contributed by atoms with E-state index in [0.29, 0.717) is 6.04 Å². The summed E-state index contributed by atoms with van der Waals surface area (Å²) in [4.78, 5) is 4.80. The molecule has 0 bridgehead atoms. The van der Waals surface area contributed by atoms with E-state index in [1.807, 2.05) is 0 Å². The lowest BCUT2D eigenvalue weighted by atomic mass is 10.2. The zero-order valence-corrected chi connectivity index (χ0v) is 12.3. The van der Waals surface area contributed by atoms with Gasteiger partial charge in [0, 0.05) is 38.6 Å². The molecule has 5 nitrogen and oxygen atoms in total. The normalized spacial score (nSPS) is 22.5. The van der Waals surface area contributed by atoms with Crippen molar-refractivity contribution in [1.82, 2.24) is 24.6 Å². The molecule has 1 aliphatic rings. The van der Waals surface area contributed by atoms with Gasteiger partial charge in [0.05, 0.1) is 0 Å². The van der Waals surface area contributed by atoms with E-state index in [2.05, 4.69) is 45.6 Å². The van der Waals surface area contributed by atoms with Crippen LogP contribution in [0.2, 0.25) is 0 Å². The SMILES string of the molecule is CCCc1n[nH]c(=S)n1CC1CN(C)CCN1C. The number of hydrogen-bond donors (Lipinski definition) is 1. The zero-order chi connectivity index (χ0) is 13.1. The van der Waals surface area contributed by atoms with Gasteiger partial charge in [-0.15, -0.1) is 0 Å². The van der Waals surface area contributed by atoms with Crippen LogP contribution in [0, 0.1) is 4.77 Å². The average Bonchev–Trinajstić information content (AvgIpc) is 2.67.